The lowest BCUT2D eigenvalue weighted by atomic mass is 10.0. The van der Waals surface area contributed by atoms with Crippen LogP contribution in [0.4, 0.5) is 13.6 Å². The molecule has 4 nitrogen and oxygen atoms in total. The van der Waals surface area contributed by atoms with Crippen LogP contribution in [0.5, 0.6) is 0 Å². The molecule has 1 aliphatic rings. The number of ether oxygens (including phenoxy) is 1. The van der Waals surface area contributed by atoms with Gasteiger partial charge in [-0.15, -0.1) is 0 Å². The fourth-order valence-electron chi connectivity index (χ4n) is 1.56. The summed E-state index contributed by atoms with van der Waals surface area (Å²) in [5.41, 5.74) is -0.545. The standard InChI is InChI=1S/C11H20F2N2O2/c1-10(2,3)17-9(16)14-6-8-4-5-11(12,13)7-15-8/h8,15H,4-7H2,1-3H3,(H,14,16). The Balaban J connectivity index is 2.22. The van der Waals surface area contributed by atoms with Crippen molar-refractivity contribution in [3.8, 4) is 0 Å². The molecule has 0 aliphatic carbocycles. The minimum Gasteiger partial charge on any atom is -0.444 e. The number of carbonyl (C=O) groups excluding carboxylic acids is 1. The van der Waals surface area contributed by atoms with E-state index in [2.05, 4.69) is 10.6 Å². The number of carbonyl (C=O) groups is 1. The van der Waals surface area contributed by atoms with E-state index < -0.39 is 17.6 Å². The lowest BCUT2D eigenvalue weighted by molar-refractivity contribution is -0.0299. The Labute approximate surface area is 100 Å². The van der Waals surface area contributed by atoms with Crippen LogP contribution >= 0.6 is 0 Å². The molecule has 17 heavy (non-hydrogen) atoms. The van der Waals surface area contributed by atoms with Gasteiger partial charge in [0.2, 0.25) is 0 Å². The number of hydrogen-bond donors (Lipinski definition) is 2. The van der Waals surface area contributed by atoms with Crippen molar-refractivity contribution >= 4 is 6.09 Å². The molecule has 1 saturated heterocycles. The molecule has 0 bridgehead atoms. The Morgan fingerprint density at radius 3 is 2.65 bits per heavy atom. The number of halogens is 2. The number of amides is 1. The predicted octanol–water partition coefficient (Wildman–Crippen LogP) is 1.90. The number of piperidine rings is 1. The van der Waals surface area contributed by atoms with E-state index in [4.69, 9.17) is 4.74 Å². The molecule has 0 aromatic heterocycles. The van der Waals surface area contributed by atoms with E-state index in [1.54, 1.807) is 20.8 Å². The normalized spacial score (nSPS) is 24.2. The van der Waals surface area contributed by atoms with E-state index in [0.717, 1.165) is 0 Å². The van der Waals surface area contributed by atoms with Crippen molar-refractivity contribution in [3.63, 3.8) is 0 Å². The average Bonchev–Trinajstić information content (AvgIpc) is 2.13. The van der Waals surface area contributed by atoms with E-state index in [-0.39, 0.29) is 19.0 Å². The first kappa shape index (κ1) is 14.2. The van der Waals surface area contributed by atoms with Gasteiger partial charge in [0.1, 0.15) is 5.60 Å². The molecule has 0 saturated carbocycles. The van der Waals surface area contributed by atoms with Crippen molar-refractivity contribution in [2.45, 2.75) is 51.2 Å². The Kier molecular flexibility index (Phi) is 4.30. The van der Waals surface area contributed by atoms with Gasteiger partial charge in [0.05, 0.1) is 6.54 Å². The molecule has 1 amide bonds. The zero-order valence-electron chi connectivity index (χ0n) is 10.5. The second-order valence-corrected chi connectivity index (χ2v) is 5.36. The summed E-state index contributed by atoms with van der Waals surface area (Å²) in [6.07, 6.45) is -0.305. The van der Waals surface area contributed by atoms with Gasteiger partial charge in [-0.2, -0.15) is 0 Å². The van der Waals surface area contributed by atoms with Gasteiger partial charge in [-0.25, -0.2) is 13.6 Å². The van der Waals surface area contributed by atoms with Crippen LogP contribution in [-0.4, -0.2) is 36.7 Å². The molecule has 1 atom stereocenters. The molecular weight excluding hydrogens is 230 g/mol. The number of hydrogen-bond acceptors (Lipinski definition) is 3. The number of alkyl carbamates (subject to hydrolysis) is 1. The lowest BCUT2D eigenvalue weighted by Gasteiger charge is -2.30. The number of rotatable bonds is 2. The Morgan fingerprint density at radius 1 is 1.53 bits per heavy atom. The monoisotopic (exact) mass is 250 g/mol. The molecule has 0 radical (unpaired) electrons. The van der Waals surface area contributed by atoms with Crippen LogP contribution < -0.4 is 10.6 Å². The Hall–Kier alpha value is -0.910. The summed E-state index contributed by atoms with van der Waals surface area (Å²) >= 11 is 0. The maximum atomic E-state index is 12.8. The summed E-state index contributed by atoms with van der Waals surface area (Å²) in [4.78, 5) is 11.3. The number of alkyl halides is 2. The first-order chi connectivity index (χ1) is 7.68. The first-order valence-corrected chi connectivity index (χ1v) is 5.76. The van der Waals surface area contributed by atoms with Crippen LogP contribution in [-0.2, 0) is 4.74 Å². The highest BCUT2D eigenvalue weighted by atomic mass is 19.3. The maximum absolute atomic E-state index is 12.8. The van der Waals surface area contributed by atoms with Crippen molar-refractivity contribution < 1.29 is 18.3 Å². The van der Waals surface area contributed by atoms with Gasteiger partial charge in [0.25, 0.3) is 5.92 Å². The van der Waals surface area contributed by atoms with Gasteiger partial charge in [-0.05, 0) is 27.2 Å². The van der Waals surface area contributed by atoms with Gasteiger partial charge in [-0.1, -0.05) is 0 Å². The zero-order valence-corrected chi connectivity index (χ0v) is 10.5. The smallest absolute Gasteiger partial charge is 0.407 e. The van der Waals surface area contributed by atoms with Crippen molar-refractivity contribution in [1.82, 2.24) is 10.6 Å². The van der Waals surface area contributed by atoms with Gasteiger partial charge >= 0.3 is 6.09 Å². The van der Waals surface area contributed by atoms with Crippen LogP contribution in [0.3, 0.4) is 0 Å². The Morgan fingerprint density at radius 2 is 2.18 bits per heavy atom. The highest BCUT2D eigenvalue weighted by Crippen LogP contribution is 2.24. The molecule has 0 aromatic rings. The summed E-state index contributed by atoms with van der Waals surface area (Å²) in [6.45, 7) is 5.29. The average molecular weight is 250 g/mol. The quantitative estimate of drug-likeness (QED) is 0.787. The molecule has 1 fully saturated rings. The summed E-state index contributed by atoms with van der Waals surface area (Å²) in [5.74, 6) is -2.62. The van der Waals surface area contributed by atoms with Crippen LogP contribution in [0.2, 0.25) is 0 Å². The summed E-state index contributed by atoms with van der Waals surface area (Å²) in [5, 5.41) is 5.27. The molecule has 1 unspecified atom stereocenters. The van der Waals surface area contributed by atoms with E-state index in [1.165, 1.54) is 0 Å². The lowest BCUT2D eigenvalue weighted by Crippen LogP contribution is -2.50. The molecule has 100 valence electrons. The fraction of sp³-hybridized carbons (Fsp3) is 0.909. The molecule has 1 heterocycles. The molecule has 1 rings (SSSR count). The Bertz CT molecular complexity index is 267. The largest absolute Gasteiger partial charge is 0.444 e. The van der Waals surface area contributed by atoms with E-state index in [9.17, 15) is 13.6 Å². The van der Waals surface area contributed by atoms with E-state index in [1.807, 2.05) is 0 Å². The third-order valence-electron chi connectivity index (χ3n) is 2.40. The second kappa shape index (κ2) is 5.16. The molecule has 1 aliphatic heterocycles. The van der Waals surface area contributed by atoms with Crippen LogP contribution in [0, 0.1) is 0 Å². The zero-order chi connectivity index (χ0) is 13.1. The number of nitrogens with one attached hydrogen (secondary N) is 2. The second-order valence-electron chi connectivity index (χ2n) is 5.36. The van der Waals surface area contributed by atoms with Gasteiger partial charge in [0.15, 0.2) is 0 Å². The fourth-order valence-corrected chi connectivity index (χ4v) is 1.56. The van der Waals surface area contributed by atoms with Crippen LogP contribution in [0.25, 0.3) is 0 Å². The van der Waals surface area contributed by atoms with Crippen molar-refractivity contribution in [2.24, 2.45) is 0 Å². The molecule has 6 heteroatoms. The topological polar surface area (TPSA) is 50.4 Å². The van der Waals surface area contributed by atoms with Gasteiger partial charge in [0, 0.05) is 19.0 Å². The van der Waals surface area contributed by atoms with E-state index in [0.29, 0.717) is 13.0 Å². The van der Waals surface area contributed by atoms with Crippen molar-refractivity contribution in [2.75, 3.05) is 13.1 Å². The molecular formula is C11H20F2N2O2. The minimum atomic E-state index is -2.62. The van der Waals surface area contributed by atoms with Crippen molar-refractivity contribution in [3.05, 3.63) is 0 Å². The summed E-state index contributed by atoms with van der Waals surface area (Å²) < 4.78 is 30.7. The maximum Gasteiger partial charge on any atom is 0.407 e. The van der Waals surface area contributed by atoms with Crippen LogP contribution in [0.1, 0.15) is 33.6 Å². The predicted molar refractivity (Wildman–Crippen MR) is 60.2 cm³/mol. The minimum absolute atomic E-state index is 0.109. The third-order valence-corrected chi connectivity index (χ3v) is 2.40. The van der Waals surface area contributed by atoms with E-state index >= 15 is 0 Å². The molecule has 0 spiro atoms. The summed E-state index contributed by atoms with van der Waals surface area (Å²) in [6, 6.07) is -0.109. The third kappa shape index (κ3) is 5.81. The van der Waals surface area contributed by atoms with Gasteiger partial charge < -0.3 is 15.4 Å². The summed E-state index contributed by atoms with van der Waals surface area (Å²) in [7, 11) is 0. The van der Waals surface area contributed by atoms with Gasteiger partial charge in [-0.3, -0.25) is 0 Å². The first-order valence-electron chi connectivity index (χ1n) is 5.76. The van der Waals surface area contributed by atoms with Crippen LogP contribution in [0.15, 0.2) is 0 Å². The SMILES string of the molecule is CC(C)(C)OC(=O)NCC1CCC(F)(F)CN1. The highest BCUT2D eigenvalue weighted by Gasteiger charge is 2.34. The molecule has 0 aromatic carbocycles. The highest BCUT2D eigenvalue weighted by molar-refractivity contribution is 5.67. The van der Waals surface area contributed by atoms with Crippen molar-refractivity contribution in [1.29, 1.82) is 0 Å². The molecule has 2 N–H and O–H groups in total.